The summed E-state index contributed by atoms with van der Waals surface area (Å²) >= 11 is 0. The number of methoxy groups -OCH3 is 1. The van der Waals surface area contributed by atoms with Crippen molar-refractivity contribution in [3.8, 4) is 11.5 Å². The average Bonchev–Trinajstić information content (AvgIpc) is 2.61. The SMILES string of the molecule is CCOc1ccc(NC(=O)CNS(=O)(=O)c2ccc(OC)cc2C)cc1. The molecule has 1 amide bonds. The maximum atomic E-state index is 12.4. The number of carbonyl (C=O) groups excluding carboxylic acids is 1. The third-order valence-corrected chi connectivity index (χ3v) is 5.10. The second-order valence-corrected chi connectivity index (χ2v) is 7.20. The molecule has 0 bridgehead atoms. The van der Waals surface area contributed by atoms with Gasteiger partial charge in [0.1, 0.15) is 11.5 Å². The molecule has 2 N–H and O–H groups in total. The van der Waals surface area contributed by atoms with E-state index in [4.69, 9.17) is 9.47 Å². The van der Waals surface area contributed by atoms with Gasteiger partial charge in [-0.15, -0.1) is 0 Å². The Morgan fingerprint density at radius 1 is 1.08 bits per heavy atom. The Bertz CT molecular complexity index is 864. The minimum atomic E-state index is -3.80. The molecule has 2 aromatic carbocycles. The van der Waals surface area contributed by atoms with Crippen molar-refractivity contribution in [2.75, 3.05) is 25.6 Å². The van der Waals surface area contributed by atoms with Gasteiger partial charge in [-0.3, -0.25) is 4.79 Å². The van der Waals surface area contributed by atoms with E-state index in [1.54, 1.807) is 43.3 Å². The van der Waals surface area contributed by atoms with Crippen molar-refractivity contribution in [1.82, 2.24) is 4.72 Å². The number of nitrogens with one attached hydrogen (secondary N) is 2. The van der Waals surface area contributed by atoms with E-state index in [-0.39, 0.29) is 11.4 Å². The second kappa shape index (κ2) is 8.68. The first-order valence-electron chi connectivity index (χ1n) is 8.02. The number of hydrogen-bond donors (Lipinski definition) is 2. The van der Waals surface area contributed by atoms with Crippen molar-refractivity contribution >= 4 is 21.6 Å². The quantitative estimate of drug-likeness (QED) is 0.735. The van der Waals surface area contributed by atoms with Crippen LogP contribution in [0.15, 0.2) is 47.4 Å². The fraction of sp³-hybridized carbons (Fsp3) is 0.278. The van der Waals surface area contributed by atoms with Crippen LogP contribution in [0.25, 0.3) is 0 Å². The summed E-state index contributed by atoms with van der Waals surface area (Å²) in [5.74, 6) is 0.791. The lowest BCUT2D eigenvalue weighted by molar-refractivity contribution is -0.115. The summed E-state index contributed by atoms with van der Waals surface area (Å²) in [5, 5.41) is 2.63. The standard InChI is InChI=1S/C18H22N2O5S/c1-4-25-15-7-5-14(6-8-15)20-18(21)12-19-26(22,23)17-10-9-16(24-3)11-13(17)2/h5-11,19H,4,12H2,1-3H3,(H,20,21). The van der Waals surface area contributed by atoms with Crippen LogP contribution in [-0.4, -0.2) is 34.6 Å². The highest BCUT2D eigenvalue weighted by molar-refractivity contribution is 7.89. The second-order valence-electron chi connectivity index (χ2n) is 5.46. The van der Waals surface area contributed by atoms with E-state index < -0.39 is 15.9 Å². The number of carbonyl (C=O) groups is 1. The van der Waals surface area contributed by atoms with Crippen LogP contribution in [-0.2, 0) is 14.8 Å². The zero-order valence-electron chi connectivity index (χ0n) is 14.9. The van der Waals surface area contributed by atoms with Crippen molar-refractivity contribution in [2.45, 2.75) is 18.7 Å². The fourth-order valence-electron chi connectivity index (χ4n) is 2.30. The van der Waals surface area contributed by atoms with Crippen LogP contribution in [0.5, 0.6) is 11.5 Å². The lowest BCUT2D eigenvalue weighted by Crippen LogP contribution is -2.33. The highest BCUT2D eigenvalue weighted by Gasteiger charge is 2.18. The van der Waals surface area contributed by atoms with Crippen molar-refractivity contribution < 1.29 is 22.7 Å². The van der Waals surface area contributed by atoms with E-state index in [0.717, 1.165) is 0 Å². The molecule has 0 aliphatic heterocycles. The molecule has 0 spiro atoms. The number of ether oxygens (including phenoxy) is 2. The van der Waals surface area contributed by atoms with Gasteiger partial charge in [-0.05, 0) is 61.9 Å². The van der Waals surface area contributed by atoms with Gasteiger partial charge in [0, 0.05) is 5.69 Å². The summed E-state index contributed by atoms with van der Waals surface area (Å²) in [7, 11) is -2.30. The lowest BCUT2D eigenvalue weighted by atomic mass is 10.2. The summed E-state index contributed by atoms with van der Waals surface area (Å²) < 4.78 is 37.4. The molecule has 2 aromatic rings. The van der Waals surface area contributed by atoms with E-state index >= 15 is 0 Å². The topological polar surface area (TPSA) is 93.7 Å². The lowest BCUT2D eigenvalue weighted by Gasteiger charge is -2.11. The molecular weight excluding hydrogens is 356 g/mol. The molecule has 0 saturated carbocycles. The third kappa shape index (κ3) is 5.21. The number of rotatable bonds is 8. The van der Waals surface area contributed by atoms with Crippen molar-refractivity contribution in [2.24, 2.45) is 0 Å². The van der Waals surface area contributed by atoms with E-state index in [2.05, 4.69) is 10.0 Å². The molecule has 7 nitrogen and oxygen atoms in total. The Balaban J connectivity index is 1.97. The first kappa shape index (κ1) is 19.7. The Hall–Kier alpha value is -2.58. The molecule has 0 saturated heterocycles. The summed E-state index contributed by atoms with van der Waals surface area (Å²) in [4.78, 5) is 12.1. The van der Waals surface area contributed by atoms with Gasteiger partial charge in [0.2, 0.25) is 15.9 Å². The summed E-state index contributed by atoms with van der Waals surface area (Å²) in [5.41, 5.74) is 1.09. The molecule has 0 unspecified atom stereocenters. The Kier molecular flexibility index (Phi) is 6.59. The molecular formula is C18H22N2O5S. The monoisotopic (exact) mass is 378 g/mol. The predicted octanol–water partition coefficient (Wildman–Crippen LogP) is 2.32. The zero-order valence-corrected chi connectivity index (χ0v) is 15.7. The van der Waals surface area contributed by atoms with Crippen LogP contribution >= 0.6 is 0 Å². The highest BCUT2D eigenvalue weighted by Crippen LogP contribution is 2.20. The van der Waals surface area contributed by atoms with Crippen LogP contribution in [0, 0.1) is 6.92 Å². The van der Waals surface area contributed by atoms with Crippen molar-refractivity contribution in [3.63, 3.8) is 0 Å². The molecule has 2 rings (SSSR count). The first-order chi connectivity index (χ1) is 12.4. The Labute approximate surface area is 153 Å². The smallest absolute Gasteiger partial charge is 0.241 e. The van der Waals surface area contributed by atoms with Crippen molar-refractivity contribution in [1.29, 1.82) is 0 Å². The number of sulfonamides is 1. The molecule has 0 fully saturated rings. The van der Waals surface area contributed by atoms with Gasteiger partial charge in [-0.2, -0.15) is 0 Å². The number of aryl methyl sites for hydroxylation is 1. The van der Waals surface area contributed by atoms with Gasteiger partial charge in [-0.25, -0.2) is 13.1 Å². The molecule has 0 heterocycles. The zero-order chi connectivity index (χ0) is 19.2. The molecule has 0 radical (unpaired) electrons. The maximum Gasteiger partial charge on any atom is 0.241 e. The van der Waals surface area contributed by atoms with E-state index in [1.165, 1.54) is 13.2 Å². The van der Waals surface area contributed by atoms with E-state index in [9.17, 15) is 13.2 Å². The highest BCUT2D eigenvalue weighted by atomic mass is 32.2. The minimum Gasteiger partial charge on any atom is -0.497 e. The molecule has 0 aliphatic rings. The summed E-state index contributed by atoms with van der Waals surface area (Å²) in [6.07, 6.45) is 0. The van der Waals surface area contributed by atoms with Crippen LogP contribution in [0.2, 0.25) is 0 Å². The third-order valence-electron chi connectivity index (χ3n) is 3.54. The first-order valence-corrected chi connectivity index (χ1v) is 9.51. The number of anilines is 1. The predicted molar refractivity (Wildman–Crippen MR) is 99.2 cm³/mol. The normalized spacial score (nSPS) is 11.0. The Morgan fingerprint density at radius 2 is 1.73 bits per heavy atom. The summed E-state index contributed by atoms with van der Waals surface area (Å²) in [6.45, 7) is 3.72. The number of benzene rings is 2. The molecule has 8 heteroatoms. The van der Waals surface area contributed by atoms with Gasteiger partial charge < -0.3 is 14.8 Å². The van der Waals surface area contributed by atoms with Crippen LogP contribution in [0.4, 0.5) is 5.69 Å². The van der Waals surface area contributed by atoms with Gasteiger partial charge in [0.25, 0.3) is 0 Å². The largest absolute Gasteiger partial charge is 0.497 e. The van der Waals surface area contributed by atoms with Gasteiger partial charge in [0.05, 0.1) is 25.2 Å². The summed E-state index contributed by atoms with van der Waals surface area (Å²) in [6, 6.07) is 11.4. The molecule has 140 valence electrons. The molecule has 26 heavy (non-hydrogen) atoms. The Morgan fingerprint density at radius 3 is 2.31 bits per heavy atom. The molecule has 0 aromatic heterocycles. The number of hydrogen-bond acceptors (Lipinski definition) is 5. The van der Waals surface area contributed by atoms with Crippen LogP contribution in [0.3, 0.4) is 0 Å². The minimum absolute atomic E-state index is 0.104. The van der Waals surface area contributed by atoms with Crippen molar-refractivity contribution in [3.05, 3.63) is 48.0 Å². The van der Waals surface area contributed by atoms with Gasteiger partial charge in [0.15, 0.2) is 0 Å². The van der Waals surface area contributed by atoms with Crippen LogP contribution < -0.4 is 19.5 Å². The molecule has 0 aliphatic carbocycles. The van der Waals surface area contributed by atoms with E-state index in [1.807, 2.05) is 6.92 Å². The van der Waals surface area contributed by atoms with Gasteiger partial charge in [-0.1, -0.05) is 0 Å². The van der Waals surface area contributed by atoms with E-state index in [0.29, 0.717) is 29.4 Å². The van der Waals surface area contributed by atoms with Crippen LogP contribution in [0.1, 0.15) is 12.5 Å². The molecule has 0 atom stereocenters. The average molecular weight is 378 g/mol. The number of amides is 1. The maximum absolute atomic E-state index is 12.4. The fourth-order valence-corrected chi connectivity index (χ4v) is 3.50. The van der Waals surface area contributed by atoms with Gasteiger partial charge >= 0.3 is 0 Å².